The molecule has 5 heteroatoms. The minimum atomic E-state index is -1.34. The van der Waals surface area contributed by atoms with Crippen molar-refractivity contribution in [2.75, 3.05) is 14.2 Å². The van der Waals surface area contributed by atoms with Gasteiger partial charge in [0.25, 0.3) is 0 Å². The first-order chi connectivity index (χ1) is 8.94. The van der Waals surface area contributed by atoms with E-state index in [2.05, 4.69) is 0 Å². The minimum Gasteiger partial charge on any atom is -0.493 e. The predicted molar refractivity (Wildman–Crippen MR) is 70.5 cm³/mol. The van der Waals surface area contributed by atoms with Gasteiger partial charge in [-0.3, -0.25) is 0 Å². The molecule has 2 rings (SSSR count). The Hall–Kier alpha value is -1.75. The van der Waals surface area contributed by atoms with Gasteiger partial charge in [-0.15, -0.1) is 0 Å². The van der Waals surface area contributed by atoms with Crippen molar-refractivity contribution in [3.05, 3.63) is 23.3 Å². The summed E-state index contributed by atoms with van der Waals surface area (Å²) in [6.07, 6.45) is 1.69. The van der Waals surface area contributed by atoms with Gasteiger partial charge in [-0.25, -0.2) is 4.79 Å². The summed E-state index contributed by atoms with van der Waals surface area (Å²) >= 11 is 0. The van der Waals surface area contributed by atoms with Crippen molar-refractivity contribution in [2.24, 2.45) is 11.7 Å². The van der Waals surface area contributed by atoms with Gasteiger partial charge in [-0.1, -0.05) is 0 Å². The van der Waals surface area contributed by atoms with E-state index in [9.17, 15) is 9.90 Å². The lowest BCUT2D eigenvalue weighted by Gasteiger charge is -2.27. The van der Waals surface area contributed by atoms with Crippen molar-refractivity contribution in [3.8, 4) is 11.5 Å². The van der Waals surface area contributed by atoms with Gasteiger partial charge in [0.2, 0.25) is 0 Å². The lowest BCUT2D eigenvalue weighted by molar-refractivity contribution is -0.144. The summed E-state index contributed by atoms with van der Waals surface area (Å²) in [7, 11) is 3.07. The van der Waals surface area contributed by atoms with Crippen LogP contribution in [0.2, 0.25) is 0 Å². The zero-order valence-corrected chi connectivity index (χ0v) is 11.4. The molecule has 0 bridgehead atoms. The van der Waals surface area contributed by atoms with Gasteiger partial charge in [0.15, 0.2) is 11.5 Å². The Balaban J connectivity index is 2.57. The first-order valence-electron chi connectivity index (χ1n) is 6.20. The molecule has 1 atom stereocenters. The van der Waals surface area contributed by atoms with Gasteiger partial charge in [0.1, 0.15) is 5.54 Å². The van der Waals surface area contributed by atoms with E-state index in [4.69, 9.17) is 15.2 Å². The molecule has 0 spiro atoms. The Morgan fingerprint density at radius 3 is 2.26 bits per heavy atom. The summed E-state index contributed by atoms with van der Waals surface area (Å²) in [5.41, 5.74) is 6.24. The molecule has 1 unspecified atom stereocenters. The number of benzene rings is 1. The average Bonchev–Trinajstić information content (AvgIpc) is 3.21. The van der Waals surface area contributed by atoms with Crippen LogP contribution in [0.15, 0.2) is 12.1 Å². The number of ether oxygens (including phenoxy) is 2. The van der Waals surface area contributed by atoms with Crippen molar-refractivity contribution < 1.29 is 19.4 Å². The van der Waals surface area contributed by atoms with E-state index in [-0.39, 0.29) is 5.92 Å². The fourth-order valence-corrected chi connectivity index (χ4v) is 2.47. The van der Waals surface area contributed by atoms with Crippen LogP contribution in [0.3, 0.4) is 0 Å². The van der Waals surface area contributed by atoms with E-state index in [1.54, 1.807) is 19.2 Å². The second kappa shape index (κ2) is 4.74. The number of nitrogens with two attached hydrogens (primary N) is 1. The maximum atomic E-state index is 11.6. The molecule has 1 saturated carbocycles. The van der Waals surface area contributed by atoms with Crippen molar-refractivity contribution in [2.45, 2.75) is 25.3 Å². The minimum absolute atomic E-state index is 0.0122. The molecule has 1 aromatic rings. The average molecular weight is 265 g/mol. The first kappa shape index (κ1) is 13.7. The van der Waals surface area contributed by atoms with Crippen molar-refractivity contribution in [1.82, 2.24) is 0 Å². The molecule has 104 valence electrons. The normalized spacial score (nSPS) is 17.7. The standard InChI is InChI=1S/C14H19NO4/c1-8-6-11(18-2)12(19-3)7-10(8)14(15,13(16)17)9-4-5-9/h6-7,9H,4-5,15H2,1-3H3,(H,16,17). The quantitative estimate of drug-likeness (QED) is 0.846. The fraction of sp³-hybridized carbons (Fsp3) is 0.500. The number of rotatable bonds is 5. The number of methoxy groups -OCH3 is 2. The smallest absolute Gasteiger partial charge is 0.328 e. The second-order valence-electron chi connectivity index (χ2n) is 4.97. The lowest BCUT2D eigenvalue weighted by atomic mass is 9.83. The topological polar surface area (TPSA) is 81.8 Å². The van der Waals surface area contributed by atoms with Crippen LogP contribution in [0.1, 0.15) is 24.0 Å². The zero-order valence-electron chi connectivity index (χ0n) is 11.4. The van der Waals surface area contributed by atoms with Gasteiger partial charge in [-0.2, -0.15) is 0 Å². The molecule has 5 nitrogen and oxygen atoms in total. The number of carboxylic acids is 1. The van der Waals surface area contributed by atoms with Gasteiger partial charge >= 0.3 is 5.97 Å². The van der Waals surface area contributed by atoms with Gasteiger partial charge < -0.3 is 20.3 Å². The number of aliphatic carboxylic acids is 1. The molecule has 1 fully saturated rings. The van der Waals surface area contributed by atoms with Gasteiger partial charge in [0.05, 0.1) is 14.2 Å². The predicted octanol–water partition coefficient (Wildman–Crippen LogP) is 1.66. The highest BCUT2D eigenvalue weighted by Gasteiger charge is 2.50. The Morgan fingerprint density at radius 1 is 1.32 bits per heavy atom. The fourth-order valence-electron chi connectivity index (χ4n) is 2.47. The summed E-state index contributed by atoms with van der Waals surface area (Å²) < 4.78 is 10.4. The Labute approximate surface area is 112 Å². The molecular weight excluding hydrogens is 246 g/mol. The third kappa shape index (κ3) is 2.14. The largest absolute Gasteiger partial charge is 0.493 e. The van der Waals surface area contributed by atoms with Crippen LogP contribution in [0.4, 0.5) is 0 Å². The third-order valence-corrected chi connectivity index (χ3v) is 3.75. The number of hydrogen-bond acceptors (Lipinski definition) is 4. The summed E-state index contributed by atoms with van der Waals surface area (Å²) in [5, 5.41) is 9.51. The highest BCUT2D eigenvalue weighted by Crippen LogP contribution is 2.47. The van der Waals surface area contributed by atoms with Crippen LogP contribution < -0.4 is 15.2 Å². The molecule has 0 aromatic heterocycles. The highest BCUT2D eigenvalue weighted by atomic mass is 16.5. The van der Waals surface area contributed by atoms with E-state index in [1.165, 1.54) is 7.11 Å². The Morgan fingerprint density at radius 2 is 1.84 bits per heavy atom. The molecule has 0 aliphatic heterocycles. The summed E-state index contributed by atoms with van der Waals surface area (Å²) in [6, 6.07) is 3.45. The Bertz CT molecular complexity index is 510. The summed E-state index contributed by atoms with van der Waals surface area (Å²) in [6.45, 7) is 1.84. The van der Waals surface area contributed by atoms with Gasteiger partial charge in [0, 0.05) is 0 Å². The SMILES string of the molecule is COc1cc(C)c(C(N)(C(=O)O)C2CC2)cc1OC. The van der Waals surface area contributed by atoms with Crippen LogP contribution in [0.5, 0.6) is 11.5 Å². The van der Waals surface area contributed by atoms with E-state index in [0.717, 1.165) is 18.4 Å². The molecular formula is C14H19NO4. The van der Waals surface area contributed by atoms with Crippen LogP contribution in [0, 0.1) is 12.8 Å². The number of carboxylic acid groups (broad SMARTS) is 1. The van der Waals surface area contributed by atoms with Crippen molar-refractivity contribution in [3.63, 3.8) is 0 Å². The third-order valence-electron chi connectivity index (χ3n) is 3.75. The molecule has 19 heavy (non-hydrogen) atoms. The maximum Gasteiger partial charge on any atom is 0.328 e. The maximum absolute atomic E-state index is 11.6. The molecule has 0 heterocycles. The van der Waals surface area contributed by atoms with E-state index < -0.39 is 11.5 Å². The lowest BCUT2D eigenvalue weighted by Crippen LogP contribution is -2.47. The van der Waals surface area contributed by atoms with Crippen LogP contribution in [0.25, 0.3) is 0 Å². The van der Waals surface area contributed by atoms with Crippen LogP contribution in [-0.4, -0.2) is 25.3 Å². The number of aryl methyl sites for hydroxylation is 1. The zero-order chi connectivity index (χ0) is 14.2. The number of carbonyl (C=O) groups is 1. The van der Waals surface area contributed by atoms with E-state index >= 15 is 0 Å². The monoisotopic (exact) mass is 265 g/mol. The molecule has 1 aromatic carbocycles. The Kier molecular flexibility index (Phi) is 3.41. The summed E-state index contributed by atoms with van der Waals surface area (Å²) in [5.74, 6) is 0.0687. The van der Waals surface area contributed by atoms with Crippen molar-refractivity contribution >= 4 is 5.97 Å². The molecule has 0 amide bonds. The summed E-state index contributed by atoms with van der Waals surface area (Å²) in [4.78, 5) is 11.6. The van der Waals surface area contributed by atoms with E-state index in [0.29, 0.717) is 17.1 Å². The van der Waals surface area contributed by atoms with Crippen LogP contribution >= 0.6 is 0 Å². The van der Waals surface area contributed by atoms with Crippen molar-refractivity contribution in [1.29, 1.82) is 0 Å². The molecule has 0 saturated heterocycles. The molecule has 1 aliphatic carbocycles. The molecule has 3 N–H and O–H groups in total. The molecule has 0 radical (unpaired) electrons. The first-order valence-corrected chi connectivity index (χ1v) is 6.20. The van der Waals surface area contributed by atoms with Crippen LogP contribution in [-0.2, 0) is 10.3 Å². The van der Waals surface area contributed by atoms with Gasteiger partial charge in [-0.05, 0) is 48.9 Å². The molecule has 1 aliphatic rings. The number of hydrogen-bond donors (Lipinski definition) is 2. The highest BCUT2D eigenvalue weighted by molar-refractivity contribution is 5.82. The van der Waals surface area contributed by atoms with E-state index in [1.807, 2.05) is 6.92 Å². The second-order valence-corrected chi connectivity index (χ2v) is 4.97.